The van der Waals surface area contributed by atoms with Crippen LogP contribution in [0.15, 0.2) is 36.5 Å². The highest BCUT2D eigenvalue weighted by atomic mass is 16.5. The monoisotopic (exact) mass is 354 g/mol. The van der Waals surface area contributed by atoms with Gasteiger partial charge in [0.25, 0.3) is 0 Å². The van der Waals surface area contributed by atoms with Crippen LogP contribution in [0.3, 0.4) is 0 Å². The molecule has 0 bridgehead atoms. The number of hydrogen-bond acceptors (Lipinski definition) is 6. The minimum absolute atomic E-state index is 0.151. The Labute approximate surface area is 150 Å². The molecule has 0 unspecified atom stereocenters. The van der Waals surface area contributed by atoms with Crippen LogP contribution in [0.25, 0.3) is 0 Å². The van der Waals surface area contributed by atoms with Gasteiger partial charge in [0.1, 0.15) is 17.6 Å². The number of nitrogens with one attached hydrogen (secondary N) is 1. The molecular formula is C18H18N4O4. The van der Waals surface area contributed by atoms with Gasteiger partial charge in [-0.25, -0.2) is 9.78 Å². The van der Waals surface area contributed by atoms with Gasteiger partial charge in [-0.15, -0.1) is 0 Å². The number of hydrogen-bond donors (Lipinski definition) is 1. The molecule has 1 fully saturated rings. The molecule has 8 nitrogen and oxygen atoms in total. The number of nitriles is 1. The number of aromatic nitrogens is 1. The van der Waals surface area contributed by atoms with E-state index in [4.69, 9.17) is 19.5 Å². The summed E-state index contributed by atoms with van der Waals surface area (Å²) in [5.74, 6) is 1.56. The van der Waals surface area contributed by atoms with E-state index < -0.39 is 0 Å². The van der Waals surface area contributed by atoms with E-state index in [1.165, 1.54) is 6.20 Å². The number of pyridine rings is 1. The number of carbonyl (C=O) groups is 1. The van der Waals surface area contributed by atoms with Crippen molar-refractivity contribution in [1.29, 1.82) is 5.26 Å². The number of carbonyl (C=O) groups excluding carboxylic acids is 1. The second-order valence-electron chi connectivity index (χ2n) is 5.67. The van der Waals surface area contributed by atoms with Crippen LogP contribution in [0.5, 0.6) is 17.4 Å². The maximum absolute atomic E-state index is 12.3. The molecule has 26 heavy (non-hydrogen) atoms. The summed E-state index contributed by atoms with van der Waals surface area (Å²) in [7, 11) is 3.10. The molecule has 1 aliphatic rings. The molecule has 1 saturated heterocycles. The predicted molar refractivity (Wildman–Crippen MR) is 93.5 cm³/mol. The second kappa shape index (κ2) is 7.61. The quantitative estimate of drug-likeness (QED) is 0.885. The maximum atomic E-state index is 12.3. The molecule has 1 aromatic heterocycles. The van der Waals surface area contributed by atoms with Crippen molar-refractivity contribution in [2.24, 2.45) is 0 Å². The predicted octanol–water partition coefficient (Wildman–Crippen LogP) is 2.27. The van der Waals surface area contributed by atoms with Crippen molar-refractivity contribution in [2.45, 2.75) is 6.10 Å². The van der Waals surface area contributed by atoms with Gasteiger partial charge >= 0.3 is 6.03 Å². The van der Waals surface area contributed by atoms with Gasteiger partial charge in [-0.1, -0.05) is 0 Å². The Kier molecular flexibility index (Phi) is 5.08. The first-order valence-corrected chi connectivity index (χ1v) is 7.93. The van der Waals surface area contributed by atoms with Gasteiger partial charge in [-0.05, 0) is 6.07 Å². The fourth-order valence-corrected chi connectivity index (χ4v) is 2.47. The molecule has 3 rings (SSSR count). The second-order valence-corrected chi connectivity index (χ2v) is 5.67. The molecule has 8 heteroatoms. The average molecular weight is 354 g/mol. The first kappa shape index (κ1) is 17.4. The summed E-state index contributed by atoms with van der Waals surface area (Å²) in [4.78, 5) is 18.0. The Morgan fingerprint density at radius 2 is 1.92 bits per heavy atom. The van der Waals surface area contributed by atoms with Crippen LogP contribution in [0.1, 0.15) is 5.56 Å². The van der Waals surface area contributed by atoms with Crippen LogP contribution in [0.4, 0.5) is 10.5 Å². The fraction of sp³-hybridized carbons (Fsp3) is 0.278. The van der Waals surface area contributed by atoms with Crippen molar-refractivity contribution < 1.29 is 19.0 Å². The van der Waals surface area contributed by atoms with E-state index in [1.54, 1.807) is 49.5 Å². The van der Waals surface area contributed by atoms with Crippen LogP contribution >= 0.6 is 0 Å². The lowest BCUT2D eigenvalue weighted by Gasteiger charge is -2.38. The van der Waals surface area contributed by atoms with Gasteiger partial charge in [-0.2, -0.15) is 5.26 Å². The summed E-state index contributed by atoms with van der Waals surface area (Å²) in [6.07, 6.45) is 1.37. The lowest BCUT2D eigenvalue weighted by atomic mass is 10.2. The molecule has 2 heterocycles. The van der Waals surface area contributed by atoms with E-state index in [0.29, 0.717) is 41.7 Å². The summed E-state index contributed by atoms with van der Waals surface area (Å²) < 4.78 is 16.0. The number of methoxy groups -OCH3 is 2. The molecule has 0 aliphatic carbocycles. The lowest BCUT2D eigenvalue weighted by Crippen LogP contribution is -2.57. The third-order valence-electron chi connectivity index (χ3n) is 3.89. The van der Waals surface area contributed by atoms with Gasteiger partial charge in [0.15, 0.2) is 0 Å². The molecule has 1 N–H and O–H groups in total. The third kappa shape index (κ3) is 3.95. The smallest absolute Gasteiger partial charge is 0.322 e. The molecule has 2 aromatic rings. The fourth-order valence-electron chi connectivity index (χ4n) is 2.47. The summed E-state index contributed by atoms with van der Waals surface area (Å²) in [5.41, 5.74) is 1.06. The first-order valence-electron chi connectivity index (χ1n) is 7.93. The zero-order chi connectivity index (χ0) is 18.5. The highest BCUT2D eigenvalue weighted by Gasteiger charge is 2.32. The number of benzene rings is 1. The van der Waals surface area contributed by atoms with Gasteiger partial charge in [0.2, 0.25) is 5.88 Å². The molecule has 0 radical (unpaired) electrons. The minimum Gasteiger partial charge on any atom is -0.497 e. The van der Waals surface area contributed by atoms with E-state index in [-0.39, 0.29) is 12.1 Å². The Hall–Kier alpha value is -3.47. The van der Waals surface area contributed by atoms with Crippen LogP contribution in [0, 0.1) is 11.3 Å². The molecular weight excluding hydrogens is 336 g/mol. The maximum Gasteiger partial charge on any atom is 0.322 e. The summed E-state index contributed by atoms with van der Waals surface area (Å²) in [6.45, 7) is 0.872. The van der Waals surface area contributed by atoms with E-state index in [9.17, 15) is 4.79 Å². The minimum atomic E-state index is -0.237. The molecule has 134 valence electrons. The number of rotatable bonds is 5. The summed E-state index contributed by atoms with van der Waals surface area (Å²) in [5, 5.41) is 11.7. The van der Waals surface area contributed by atoms with Gasteiger partial charge in [0, 0.05) is 36.1 Å². The van der Waals surface area contributed by atoms with Crippen molar-refractivity contribution in [3.8, 4) is 23.4 Å². The number of urea groups is 1. The van der Waals surface area contributed by atoms with E-state index in [0.717, 1.165) is 0 Å². The number of ether oxygens (including phenoxy) is 3. The van der Waals surface area contributed by atoms with Gasteiger partial charge in [0.05, 0.1) is 38.9 Å². The standard InChI is InChI=1S/C18H18N4O4/c1-24-14-6-13(7-15(8-14)25-2)21-18(23)22-10-16(11-22)26-17-5-12(9-19)3-4-20-17/h3-8,16H,10-11H2,1-2H3,(H,21,23). The van der Waals surface area contributed by atoms with Crippen LogP contribution in [-0.2, 0) is 0 Å². The molecule has 0 spiro atoms. The number of nitrogens with zero attached hydrogens (tertiary/aromatic N) is 3. The average Bonchev–Trinajstić information content (AvgIpc) is 2.63. The Bertz CT molecular complexity index is 821. The Morgan fingerprint density at radius 1 is 1.23 bits per heavy atom. The van der Waals surface area contributed by atoms with Crippen molar-refractivity contribution in [3.05, 3.63) is 42.1 Å². The van der Waals surface area contributed by atoms with Crippen LogP contribution in [0.2, 0.25) is 0 Å². The lowest BCUT2D eigenvalue weighted by molar-refractivity contribution is 0.0461. The topological polar surface area (TPSA) is 96.7 Å². The zero-order valence-electron chi connectivity index (χ0n) is 14.4. The highest BCUT2D eigenvalue weighted by Crippen LogP contribution is 2.26. The number of likely N-dealkylation sites (tertiary alicyclic amines) is 1. The van der Waals surface area contributed by atoms with E-state index >= 15 is 0 Å². The normalized spacial score (nSPS) is 13.3. The third-order valence-corrected chi connectivity index (χ3v) is 3.89. The summed E-state index contributed by atoms with van der Waals surface area (Å²) in [6, 6.07) is 10.1. The SMILES string of the molecule is COc1cc(NC(=O)N2CC(Oc3cc(C#N)ccn3)C2)cc(OC)c1. The molecule has 2 amide bonds. The zero-order valence-corrected chi connectivity index (χ0v) is 14.4. The van der Waals surface area contributed by atoms with Gasteiger partial charge in [-0.3, -0.25) is 0 Å². The molecule has 0 saturated carbocycles. The van der Waals surface area contributed by atoms with Crippen LogP contribution < -0.4 is 19.5 Å². The van der Waals surface area contributed by atoms with Crippen LogP contribution in [-0.4, -0.2) is 49.3 Å². The van der Waals surface area contributed by atoms with Crippen molar-refractivity contribution >= 4 is 11.7 Å². The largest absolute Gasteiger partial charge is 0.497 e. The number of anilines is 1. The van der Waals surface area contributed by atoms with Crippen molar-refractivity contribution in [2.75, 3.05) is 32.6 Å². The Balaban J connectivity index is 1.54. The molecule has 1 aliphatic heterocycles. The summed E-state index contributed by atoms with van der Waals surface area (Å²) >= 11 is 0. The molecule has 0 atom stereocenters. The van der Waals surface area contributed by atoms with Crippen molar-refractivity contribution in [3.63, 3.8) is 0 Å². The van der Waals surface area contributed by atoms with E-state index in [1.807, 2.05) is 6.07 Å². The van der Waals surface area contributed by atoms with Crippen molar-refractivity contribution in [1.82, 2.24) is 9.88 Å². The highest BCUT2D eigenvalue weighted by molar-refractivity contribution is 5.90. The Morgan fingerprint density at radius 3 is 2.54 bits per heavy atom. The first-order chi connectivity index (χ1) is 12.6. The number of amides is 2. The molecule has 1 aromatic carbocycles. The van der Waals surface area contributed by atoms with Gasteiger partial charge < -0.3 is 24.4 Å². The van der Waals surface area contributed by atoms with E-state index in [2.05, 4.69) is 10.3 Å².